The van der Waals surface area contributed by atoms with Crippen LogP contribution in [0.1, 0.15) is 29.0 Å². The Hall–Kier alpha value is -2.08. The van der Waals surface area contributed by atoms with Crippen molar-refractivity contribution in [3.05, 3.63) is 54.0 Å². The Labute approximate surface area is 129 Å². The minimum atomic E-state index is -3.50. The summed E-state index contributed by atoms with van der Waals surface area (Å²) in [6.45, 7) is 0.615. The summed E-state index contributed by atoms with van der Waals surface area (Å²) in [6.07, 6.45) is 3.61. The van der Waals surface area contributed by atoms with Gasteiger partial charge in [-0.05, 0) is 37.0 Å². The number of amides is 1. The maximum atomic E-state index is 12.4. The Morgan fingerprint density at radius 1 is 1.18 bits per heavy atom. The van der Waals surface area contributed by atoms with Gasteiger partial charge in [0.05, 0.1) is 16.9 Å². The van der Waals surface area contributed by atoms with Gasteiger partial charge in [0.1, 0.15) is 0 Å². The van der Waals surface area contributed by atoms with Crippen molar-refractivity contribution < 1.29 is 17.6 Å². The number of sulfone groups is 1. The third-order valence-corrected chi connectivity index (χ3v) is 5.33. The molecule has 0 bridgehead atoms. The highest BCUT2D eigenvalue weighted by Crippen LogP contribution is 2.28. The lowest BCUT2D eigenvalue weighted by Gasteiger charge is -2.06. The number of carbonyl (C=O) groups excluding carboxylic acids is 1. The van der Waals surface area contributed by atoms with Crippen molar-refractivity contribution in [1.29, 1.82) is 0 Å². The van der Waals surface area contributed by atoms with Gasteiger partial charge >= 0.3 is 0 Å². The third-order valence-electron chi connectivity index (χ3n) is 3.65. The van der Waals surface area contributed by atoms with E-state index in [2.05, 4.69) is 5.32 Å². The van der Waals surface area contributed by atoms with E-state index in [0.717, 1.165) is 12.8 Å². The van der Waals surface area contributed by atoms with Gasteiger partial charge in [-0.3, -0.25) is 4.79 Å². The molecule has 0 aliphatic heterocycles. The van der Waals surface area contributed by atoms with Crippen molar-refractivity contribution in [2.24, 2.45) is 5.92 Å². The lowest BCUT2D eigenvalue weighted by atomic mass is 10.2. The Bertz CT molecular complexity index is 760. The molecule has 0 atom stereocenters. The molecule has 1 saturated carbocycles. The zero-order valence-corrected chi connectivity index (χ0v) is 12.8. The molecule has 0 unspecified atom stereocenters. The molecule has 116 valence electrons. The van der Waals surface area contributed by atoms with Crippen LogP contribution in [-0.2, 0) is 15.6 Å². The summed E-state index contributed by atoms with van der Waals surface area (Å²) in [7, 11) is -3.50. The predicted molar refractivity (Wildman–Crippen MR) is 81.1 cm³/mol. The summed E-state index contributed by atoms with van der Waals surface area (Å²) in [5.74, 6) is 0.0328. The fourth-order valence-corrected chi connectivity index (χ4v) is 3.58. The molecule has 1 fully saturated rings. The lowest BCUT2D eigenvalue weighted by molar-refractivity contribution is 0.0923. The Kier molecular flexibility index (Phi) is 4.02. The van der Waals surface area contributed by atoms with Crippen LogP contribution in [0.3, 0.4) is 0 Å². The van der Waals surface area contributed by atoms with E-state index in [0.29, 0.717) is 18.0 Å². The van der Waals surface area contributed by atoms with Crippen molar-refractivity contribution in [3.63, 3.8) is 0 Å². The fraction of sp³-hybridized carbons (Fsp3) is 0.312. The van der Waals surface area contributed by atoms with Crippen molar-refractivity contribution >= 4 is 15.7 Å². The van der Waals surface area contributed by atoms with Crippen LogP contribution in [-0.4, -0.2) is 20.9 Å². The summed E-state index contributed by atoms with van der Waals surface area (Å²) >= 11 is 0. The highest BCUT2D eigenvalue weighted by atomic mass is 32.2. The summed E-state index contributed by atoms with van der Waals surface area (Å²) in [5.41, 5.74) is 0.386. The molecule has 0 spiro atoms. The number of hydrogen-bond donors (Lipinski definition) is 1. The molecular formula is C16H17NO4S. The second-order valence-electron chi connectivity index (χ2n) is 5.50. The molecule has 1 amide bonds. The first-order valence-corrected chi connectivity index (χ1v) is 8.84. The summed E-state index contributed by atoms with van der Waals surface area (Å²) < 4.78 is 29.9. The van der Waals surface area contributed by atoms with E-state index in [-0.39, 0.29) is 22.3 Å². The molecular weight excluding hydrogens is 302 g/mol. The Morgan fingerprint density at radius 2 is 1.91 bits per heavy atom. The highest BCUT2D eigenvalue weighted by molar-refractivity contribution is 7.90. The largest absolute Gasteiger partial charge is 0.459 e. The Morgan fingerprint density at radius 3 is 2.59 bits per heavy atom. The molecule has 22 heavy (non-hydrogen) atoms. The first-order chi connectivity index (χ1) is 10.6. The first-order valence-electron chi connectivity index (χ1n) is 7.18. The van der Waals surface area contributed by atoms with E-state index in [9.17, 15) is 13.2 Å². The number of carbonyl (C=O) groups is 1. The van der Waals surface area contributed by atoms with E-state index < -0.39 is 9.84 Å². The maximum absolute atomic E-state index is 12.4. The second-order valence-corrected chi connectivity index (χ2v) is 7.49. The van der Waals surface area contributed by atoms with Gasteiger partial charge in [0, 0.05) is 12.1 Å². The molecule has 1 aromatic heterocycles. The zero-order valence-electron chi connectivity index (χ0n) is 12.0. The van der Waals surface area contributed by atoms with Gasteiger partial charge in [-0.1, -0.05) is 18.2 Å². The number of nitrogens with one attached hydrogen (secondary N) is 1. The molecule has 1 aliphatic rings. The predicted octanol–water partition coefficient (Wildman–Crippen LogP) is 2.39. The van der Waals surface area contributed by atoms with Crippen LogP contribution in [0.15, 0.2) is 52.0 Å². The minimum absolute atomic E-state index is 0.0835. The number of rotatable bonds is 6. The van der Waals surface area contributed by atoms with E-state index in [1.165, 1.54) is 12.3 Å². The van der Waals surface area contributed by atoms with Gasteiger partial charge in [0.2, 0.25) is 0 Å². The highest BCUT2D eigenvalue weighted by Gasteiger charge is 2.25. The second kappa shape index (κ2) is 5.96. The van der Waals surface area contributed by atoms with Crippen LogP contribution in [0, 0.1) is 5.92 Å². The zero-order chi connectivity index (χ0) is 15.6. The standard InChI is InChI=1S/C16H17NO4S/c18-16(17-10-12-6-7-12)15-13(8-9-21-15)11-22(19,20)14-4-2-1-3-5-14/h1-5,8-9,12H,6-7,10-11H2,(H,17,18). The van der Waals surface area contributed by atoms with Crippen LogP contribution < -0.4 is 5.32 Å². The van der Waals surface area contributed by atoms with E-state index in [4.69, 9.17) is 4.42 Å². The molecule has 1 aromatic carbocycles. The van der Waals surface area contributed by atoms with Crippen molar-refractivity contribution in [2.75, 3.05) is 6.54 Å². The van der Waals surface area contributed by atoms with Gasteiger partial charge in [0.25, 0.3) is 5.91 Å². The lowest BCUT2D eigenvalue weighted by Crippen LogP contribution is -2.26. The smallest absolute Gasteiger partial charge is 0.287 e. The average molecular weight is 319 g/mol. The van der Waals surface area contributed by atoms with Crippen LogP contribution in [0.5, 0.6) is 0 Å². The molecule has 0 radical (unpaired) electrons. The SMILES string of the molecule is O=C(NCC1CC1)c1occc1CS(=O)(=O)c1ccccc1. The van der Waals surface area contributed by atoms with Crippen molar-refractivity contribution in [2.45, 2.75) is 23.5 Å². The van der Waals surface area contributed by atoms with Crippen LogP contribution in [0.25, 0.3) is 0 Å². The molecule has 2 aromatic rings. The van der Waals surface area contributed by atoms with Gasteiger partial charge in [-0.15, -0.1) is 0 Å². The third kappa shape index (κ3) is 3.39. The van der Waals surface area contributed by atoms with Gasteiger partial charge < -0.3 is 9.73 Å². The maximum Gasteiger partial charge on any atom is 0.287 e. The topological polar surface area (TPSA) is 76.4 Å². The normalized spacial score (nSPS) is 14.7. The molecule has 5 nitrogen and oxygen atoms in total. The van der Waals surface area contributed by atoms with Gasteiger partial charge in [-0.2, -0.15) is 0 Å². The van der Waals surface area contributed by atoms with E-state index in [1.54, 1.807) is 30.3 Å². The summed E-state index contributed by atoms with van der Waals surface area (Å²) in [6, 6.07) is 9.72. The molecule has 0 saturated heterocycles. The molecule has 6 heteroatoms. The van der Waals surface area contributed by atoms with Crippen LogP contribution in [0.2, 0.25) is 0 Å². The summed E-state index contributed by atoms with van der Waals surface area (Å²) in [4.78, 5) is 12.3. The van der Waals surface area contributed by atoms with E-state index >= 15 is 0 Å². The molecule has 1 heterocycles. The quantitative estimate of drug-likeness (QED) is 0.887. The average Bonchev–Trinajstić information content (AvgIpc) is 3.24. The molecule has 3 rings (SSSR count). The number of benzene rings is 1. The van der Waals surface area contributed by atoms with Gasteiger partial charge in [-0.25, -0.2) is 8.42 Å². The first kappa shape index (κ1) is 14.8. The van der Waals surface area contributed by atoms with E-state index in [1.807, 2.05) is 0 Å². The number of furan rings is 1. The van der Waals surface area contributed by atoms with Crippen molar-refractivity contribution in [3.8, 4) is 0 Å². The minimum Gasteiger partial charge on any atom is -0.459 e. The van der Waals surface area contributed by atoms with Gasteiger partial charge in [0.15, 0.2) is 15.6 Å². The molecule has 1 aliphatic carbocycles. The fourth-order valence-electron chi connectivity index (χ4n) is 2.20. The van der Waals surface area contributed by atoms with Crippen LogP contribution >= 0.6 is 0 Å². The number of hydrogen-bond acceptors (Lipinski definition) is 4. The van der Waals surface area contributed by atoms with Crippen molar-refractivity contribution in [1.82, 2.24) is 5.32 Å². The monoisotopic (exact) mass is 319 g/mol. The molecule has 1 N–H and O–H groups in total. The summed E-state index contributed by atoms with van der Waals surface area (Å²) in [5, 5.41) is 2.79. The van der Waals surface area contributed by atoms with Crippen LogP contribution in [0.4, 0.5) is 0 Å². The Balaban J connectivity index is 1.75.